The van der Waals surface area contributed by atoms with Crippen molar-refractivity contribution in [1.82, 2.24) is 15.5 Å². The van der Waals surface area contributed by atoms with Gasteiger partial charge in [0.1, 0.15) is 0 Å². The van der Waals surface area contributed by atoms with E-state index in [4.69, 9.17) is 0 Å². The Morgan fingerprint density at radius 1 is 1.25 bits per heavy atom. The summed E-state index contributed by atoms with van der Waals surface area (Å²) < 4.78 is 0. The molecule has 2 unspecified atom stereocenters. The molecule has 1 saturated heterocycles. The maximum atomic E-state index is 12.9. The predicted octanol–water partition coefficient (Wildman–Crippen LogP) is 2.50. The number of nitrogens with zero attached hydrogens (tertiary/aromatic N) is 1. The van der Waals surface area contributed by atoms with Crippen LogP contribution in [0.2, 0.25) is 0 Å². The Morgan fingerprint density at radius 2 is 2.00 bits per heavy atom. The minimum Gasteiger partial charge on any atom is -0.353 e. The van der Waals surface area contributed by atoms with Crippen LogP contribution in [0.5, 0.6) is 0 Å². The van der Waals surface area contributed by atoms with Crippen molar-refractivity contribution >= 4 is 5.91 Å². The van der Waals surface area contributed by atoms with Crippen LogP contribution in [-0.2, 0) is 11.2 Å². The van der Waals surface area contributed by atoms with Gasteiger partial charge in [-0.15, -0.1) is 0 Å². The van der Waals surface area contributed by atoms with Crippen molar-refractivity contribution in [2.24, 2.45) is 5.92 Å². The van der Waals surface area contributed by atoms with Crippen LogP contribution in [0.4, 0.5) is 0 Å². The largest absolute Gasteiger partial charge is 0.353 e. The van der Waals surface area contributed by atoms with Gasteiger partial charge >= 0.3 is 0 Å². The first-order chi connectivity index (χ1) is 11.7. The highest BCUT2D eigenvalue weighted by molar-refractivity contribution is 5.82. The highest BCUT2D eigenvalue weighted by atomic mass is 16.2. The Morgan fingerprint density at radius 3 is 2.75 bits per heavy atom. The van der Waals surface area contributed by atoms with E-state index < -0.39 is 0 Å². The van der Waals surface area contributed by atoms with Crippen molar-refractivity contribution in [3.63, 3.8) is 0 Å². The number of benzene rings is 1. The third-order valence-electron chi connectivity index (χ3n) is 5.38. The summed E-state index contributed by atoms with van der Waals surface area (Å²) in [7, 11) is 0. The average Bonchev–Trinajstić information content (AvgIpc) is 2.60. The van der Waals surface area contributed by atoms with E-state index in [1.165, 1.54) is 30.4 Å². The summed E-state index contributed by atoms with van der Waals surface area (Å²) in [4.78, 5) is 15.2. The molecule has 1 fully saturated rings. The lowest BCUT2D eigenvalue weighted by Crippen LogP contribution is -2.52. The summed E-state index contributed by atoms with van der Waals surface area (Å²) >= 11 is 0. The molecule has 1 amide bonds. The normalized spacial score (nSPS) is 22.9. The Kier molecular flexibility index (Phi) is 5.90. The van der Waals surface area contributed by atoms with Gasteiger partial charge in [0.25, 0.3) is 0 Å². The molecule has 3 rings (SSSR count). The van der Waals surface area contributed by atoms with Crippen molar-refractivity contribution in [3.05, 3.63) is 35.4 Å². The number of amides is 1. The molecule has 1 aromatic rings. The maximum Gasteiger partial charge on any atom is 0.237 e. The number of piperidine rings is 1. The van der Waals surface area contributed by atoms with Gasteiger partial charge in [0.2, 0.25) is 5.91 Å². The molecule has 4 nitrogen and oxygen atoms in total. The monoisotopic (exact) mass is 329 g/mol. The molecule has 0 saturated carbocycles. The van der Waals surface area contributed by atoms with Crippen molar-refractivity contribution < 1.29 is 4.79 Å². The molecular formula is C20H31N3O. The molecule has 0 aromatic heterocycles. The number of hydrogen-bond donors (Lipinski definition) is 2. The smallest absolute Gasteiger partial charge is 0.237 e. The van der Waals surface area contributed by atoms with Gasteiger partial charge in [-0.2, -0.15) is 0 Å². The van der Waals surface area contributed by atoms with Gasteiger partial charge in [-0.1, -0.05) is 44.5 Å². The number of rotatable bonds is 5. The van der Waals surface area contributed by atoms with Gasteiger partial charge in [-0.25, -0.2) is 0 Å². The summed E-state index contributed by atoms with van der Waals surface area (Å²) in [6.07, 6.45) is 4.80. The Hall–Kier alpha value is -1.39. The van der Waals surface area contributed by atoms with E-state index >= 15 is 0 Å². The molecular weight excluding hydrogens is 298 g/mol. The molecule has 132 valence electrons. The fourth-order valence-electron chi connectivity index (χ4n) is 4.17. The Labute approximate surface area is 146 Å². The van der Waals surface area contributed by atoms with Crippen LogP contribution in [0.15, 0.2) is 24.3 Å². The molecule has 2 atom stereocenters. The number of carbonyl (C=O) groups excluding carboxylic acids is 1. The van der Waals surface area contributed by atoms with Gasteiger partial charge < -0.3 is 10.6 Å². The Bertz CT molecular complexity index is 552. The topological polar surface area (TPSA) is 44.4 Å². The van der Waals surface area contributed by atoms with E-state index in [1.54, 1.807) is 0 Å². The SMILES string of the molecule is CC(C)C(C(=O)NCC1NCCc2ccccc21)N1CCCCC1. The number of hydrogen-bond acceptors (Lipinski definition) is 3. The summed E-state index contributed by atoms with van der Waals surface area (Å²) in [6, 6.07) is 8.81. The van der Waals surface area contributed by atoms with Crippen molar-refractivity contribution in [2.75, 3.05) is 26.2 Å². The van der Waals surface area contributed by atoms with Crippen LogP contribution in [0.1, 0.15) is 50.3 Å². The summed E-state index contributed by atoms with van der Waals surface area (Å²) in [5.41, 5.74) is 2.75. The quantitative estimate of drug-likeness (QED) is 0.872. The van der Waals surface area contributed by atoms with E-state index in [0.717, 1.165) is 26.1 Å². The van der Waals surface area contributed by atoms with Crippen LogP contribution < -0.4 is 10.6 Å². The maximum absolute atomic E-state index is 12.9. The molecule has 2 heterocycles. The van der Waals surface area contributed by atoms with Gasteiger partial charge in [0.05, 0.1) is 6.04 Å². The van der Waals surface area contributed by atoms with E-state index in [1.807, 2.05) is 0 Å². The summed E-state index contributed by atoms with van der Waals surface area (Å²) in [5.74, 6) is 0.534. The molecule has 2 aliphatic heterocycles. The number of nitrogens with one attached hydrogen (secondary N) is 2. The highest BCUT2D eigenvalue weighted by Gasteiger charge is 2.30. The number of carbonyl (C=O) groups is 1. The third kappa shape index (κ3) is 3.98. The zero-order valence-electron chi connectivity index (χ0n) is 15.1. The second-order valence-corrected chi connectivity index (χ2v) is 7.49. The fourth-order valence-corrected chi connectivity index (χ4v) is 4.17. The molecule has 0 spiro atoms. The van der Waals surface area contributed by atoms with Crippen LogP contribution in [-0.4, -0.2) is 43.0 Å². The lowest BCUT2D eigenvalue weighted by atomic mass is 9.94. The lowest BCUT2D eigenvalue weighted by Gasteiger charge is -2.36. The van der Waals surface area contributed by atoms with E-state index in [0.29, 0.717) is 12.5 Å². The van der Waals surface area contributed by atoms with Gasteiger partial charge in [-0.05, 0) is 55.9 Å². The third-order valence-corrected chi connectivity index (χ3v) is 5.38. The standard InChI is InChI=1S/C20H31N3O/c1-15(2)19(23-12-6-3-7-13-23)20(24)22-14-18-17-9-5-4-8-16(17)10-11-21-18/h4-5,8-9,15,18-19,21H,3,6-7,10-14H2,1-2H3,(H,22,24). The van der Waals surface area contributed by atoms with Crippen LogP contribution >= 0.6 is 0 Å². The van der Waals surface area contributed by atoms with Crippen molar-refractivity contribution in [1.29, 1.82) is 0 Å². The van der Waals surface area contributed by atoms with Gasteiger partial charge in [-0.3, -0.25) is 9.69 Å². The average molecular weight is 329 g/mol. The zero-order chi connectivity index (χ0) is 16.9. The van der Waals surface area contributed by atoms with E-state index in [2.05, 4.69) is 53.6 Å². The first-order valence-electron chi connectivity index (χ1n) is 9.50. The second-order valence-electron chi connectivity index (χ2n) is 7.49. The molecule has 2 aliphatic rings. The van der Waals surface area contributed by atoms with Crippen molar-refractivity contribution in [3.8, 4) is 0 Å². The number of fused-ring (bicyclic) bond motifs is 1. The first kappa shape index (κ1) is 17.4. The summed E-state index contributed by atoms with van der Waals surface area (Å²) in [6.45, 7) is 8.09. The van der Waals surface area contributed by atoms with Gasteiger partial charge in [0, 0.05) is 12.6 Å². The molecule has 4 heteroatoms. The van der Waals surface area contributed by atoms with E-state index in [-0.39, 0.29) is 18.0 Å². The minimum atomic E-state index is 0.00383. The minimum absolute atomic E-state index is 0.00383. The molecule has 24 heavy (non-hydrogen) atoms. The zero-order valence-corrected chi connectivity index (χ0v) is 15.1. The predicted molar refractivity (Wildman–Crippen MR) is 97.9 cm³/mol. The van der Waals surface area contributed by atoms with Gasteiger partial charge in [0.15, 0.2) is 0 Å². The molecule has 0 aliphatic carbocycles. The number of likely N-dealkylation sites (tertiary alicyclic amines) is 1. The van der Waals surface area contributed by atoms with Crippen LogP contribution in [0.25, 0.3) is 0 Å². The molecule has 0 bridgehead atoms. The second kappa shape index (κ2) is 8.13. The van der Waals surface area contributed by atoms with Crippen molar-refractivity contribution in [2.45, 2.75) is 51.6 Å². The Balaban J connectivity index is 1.62. The first-order valence-corrected chi connectivity index (χ1v) is 9.50. The molecule has 2 N–H and O–H groups in total. The van der Waals surface area contributed by atoms with E-state index in [9.17, 15) is 4.79 Å². The van der Waals surface area contributed by atoms with Crippen LogP contribution in [0, 0.1) is 5.92 Å². The fraction of sp³-hybridized carbons (Fsp3) is 0.650. The lowest BCUT2D eigenvalue weighted by molar-refractivity contribution is -0.128. The summed E-state index contributed by atoms with van der Waals surface area (Å²) in [5, 5.41) is 6.78. The molecule has 1 aromatic carbocycles. The molecule has 0 radical (unpaired) electrons. The van der Waals surface area contributed by atoms with Crippen LogP contribution in [0.3, 0.4) is 0 Å². The highest BCUT2D eigenvalue weighted by Crippen LogP contribution is 2.22.